The molecule has 1 heterocycles. The lowest BCUT2D eigenvalue weighted by Gasteiger charge is -2.19. The summed E-state index contributed by atoms with van der Waals surface area (Å²) in [5, 5.41) is 16.6. The summed E-state index contributed by atoms with van der Waals surface area (Å²) >= 11 is 12.1. The molecule has 8 nitrogen and oxygen atoms in total. The highest BCUT2D eigenvalue weighted by molar-refractivity contribution is 6.40. The highest BCUT2D eigenvalue weighted by Gasteiger charge is 2.30. The molecule has 1 amide bonds. The minimum Gasteiger partial charge on any atom is -0.481 e. The van der Waals surface area contributed by atoms with Crippen molar-refractivity contribution in [3.63, 3.8) is 0 Å². The number of benzene rings is 2. The molecule has 2 N–H and O–H groups in total. The fourth-order valence-electron chi connectivity index (χ4n) is 3.22. The molecule has 0 saturated carbocycles. The van der Waals surface area contributed by atoms with Crippen LogP contribution in [0.25, 0.3) is 5.69 Å². The number of anilines is 1. The van der Waals surface area contributed by atoms with Crippen molar-refractivity contribution in [1.29, 1.82) is 0 Å². The number of nitrogens with zero attached hydrogens (tertiary/aromatic N) is 3. The van der Waals surface area contributed by atoms with E-state index < -0.39 is 59.2 Å². The zero-order chi connectivity index (χ0) is 26.9. The number of carbonyl (C=O) groups is 1. The van der Waals surface area contributed by atoms with Gasteiger partial charge in [0, 0.05) is 13.1 Å². The number of carbonyl (C=O) groups excluding carboxylic acids is 1. The van der Waals surface area contributed by atoms with Crippen LogP contribution >= 0.6 is 23.2 Å². The Balaban J connectivity index is 2.17. The van der Waals surface area contributed by atoms with E-state index in [1.54, 1.807) is 0 Å². The second-order valence-electron chi connectivity index (χ2n) is 8.13. The summed E-state index contributed by atoms with van der Waals surface area (Å²) in [5.74, 6) is -3.05. The number of para-hydroxylation sites is 1. The second-order valence-corrected chi connectivity index (χ2v) is 8.95. The molecule has 0 aliphatic heterocycles. The number of aliphatic hydroxyl groups is 1. The third-order valence-corrected chi connectivity index (χ3v) is 5.59. The molecule has 0 radical (unpaired) electrons. The molecule has 14 heteroatoms. The SMILES string of the molecule is Cn1c(C(C)(C)O)nn(-c2cc(O[C@@H](CF)C(F)F)c(C(=O)Nc3c(Cl)cccc3Cl)cc2F)c1=O. The van der Waals surface area contributed by atoms with Crippen molar-refractivity contribution < 1.29 is 32.2 Å². The molecule has 0 bridgehead atoms. The van der Waals surface area contributed by atoms with Crippen LogP contribution in [0, 0.1) is 5.82 Å². The third kappa shape index (κ3) is 5.50. The lowest BCUT2D eigenvalue weighted by Crippen LogP contribution is -2.29. The van der Waals surface area contributed by atoms with Gasteiger partial charge in [-0.25, -0.2) is 22.4 Å². The molecule has 0 fully saturated rings. The van der Waals surface area contributed by atoms with E-state index in [0.29, 0.717) is 10.7 Å². The topological polar surface area (TPSA) is 98.4 Å². The molecule has 0 unspecified atom stereocenters. The lowest BCUT2D eigenvalue weighted by molar-refractivity contribution is -0.00159. The van der Waals surface area contributed by atoms with Crippen molar-refractivity contribution in [1.82, 2.24) is 14.3 Å². The van der Waals surface area contributed by atoms with Crippen LogP contribution in [-0.2, 0) is 12.6 Å². The van der Waals surface area contributed by atoms with Crippen molar-refractivity contribution in [3.05, 3.63) is 68.1 Å². The van der Waals surface area contributed by atoms with Crippen molar-refractivity contribution in [2.45, 2.75) is 32.0 Å². The largest absolute Gasteiger partial charge is 0.481 e. The van der Waals surface area contributed by atoms with Gasteiger partial charge in [-0.15, -0.1) is 5.10 Å². The first-order chi connectivity index (χ1) is 16.8. The zero-order valence-electron chi connectivity index (χ0n) is 19.0. The average molecular weight is 551 g/mol. The van der Waals surface area contributed by atoms with Gasteiger partial charge in [-0.3, -0.25) is 9.36 Å². The van der Waals surface area contributed by atoms with Crippen molar-refractivity contribution in [3.8, 4) is 11.4 Å². The van der Waals surface area contributed by atoms with E-state index in [1.807, 2.05) is 0 Å². The molecule has 3 aromatic rings. The van der Waals surface area contributed by atoms with Gasteiger partial charge >= 0.3 is 5.69 Å². The van der Waals surface area contributed by atoms with E-state index in [-0.39, 0.29) is 21.6 Å². The first kappa shape index (κ1) is 27.5. The summed E-state index contributed by atoms with van der Waals surface area (Å²) < 4.78 is 61.4. The van der Waals surface area contributed by atoms with Crippen LogP contribution in [-0.4, -0.2) is 44.6 Å². The predicted octanol–water partition coefficient (Wildman–Crippen LogP) is 4.48. The van der Waals surface area contributed by atoms with Gasteiger partial charge in [0.05, 0.1) is 21.3 Å². The van der Waals surface area contributed by atoms with E-state index in [4.69, 9.17) is 27.9 Å². The van der Waals surface area contributed by atoms with Gasteiger partial charge in [0.1, 0.15) is 29.5 Å². The van der Waals surface area contributed by atoms with Crippen LogP contribution in [0.2, 0.25) is 10.0 Å². The Labute approximate surface area is 212 Å². The first-order valence-corrected chi connectivity index (χ1v) is 11.0. The Morgan fingerprint density at radius 3 is 2.36 bits per heavy atom. The molecule has 0 aliphatic rings. The predicted molar refractivity (Wildman–Crippen MR) is 125 cm³/mol. The molecule has 1 atom stereocenters. The number of hydrogen-bond donors (Lipinski definition) is 2. The van der Waals surface area contributed by atoms with Crippen molar-refractivity contribution >= 4 is 34.8 Å². The van der Waals surface area contributed by atoms with Gasteiger partial charge in [0.25, 0.3) is 12.3 Å². The highest BCUT2D eigenvalue weighted by atomic mass is 35.5. The van der Waals surface area contributed by atoms with Crippen LogP contribution < -0.4 is 15.7 Å². The van der Waals surface area contributed by atoms with E-state index >= 15 is 4.39 Å². The smallest absolute Gasteiger partial charge is 0.350 e. The summed E-state index contributed by atoms with van der Waals surface area (Å²) in [7, 11) is 1.28. The van der Waals surface area contributed by atoms with Gasteiger partial charge in [-0.1, -0.05) is 29.3 Å². The average Bonchev–Trinajstić information content (AvgIpc) is 3.09. The number of nitrogens with one attached hydrogen (secondary N) is 1. The fraction of sp³-hybridized carbons (Fsp3) is 0.318. The van der Waals surface area contributed by atoms with Gasteiger partial charge in [-0.05, 0) is 32.0 Å². The molecule has 3 rings (SSSR count). The Hall–Kier alpha value is -3.09. The van der Waals surface area contributed by atoms with Gasteiger partial charge in [0.2, 0.25) is 0 Å². The second kappa shape index (κ2) is 10.5. The molecule has 1 aromatic heterocycles. The summed E-state index contributed by atoms with van der Waals surface area (Å²) in [5.41, 5.74) is -3.75. The highest BCUT2D eigenvalue weighted by Crippen LogP contribution is 2.33. The van der Waals surface area contributed by atoms with E-state index in [0.717, 1.165) is 10.6 Å². The molecule has 0 saturated heterocycles. The Bertz CT molecular complexity index is 1330. The van der Waals surface area contributed by atoms with Gasteiger partial charge < -0.3 is 15.2 Å². The molecule has 194 valence electrons. The number of hydrogen-bond acceptors (Lipinski definition) is 5. The fourth-order valence-corrected chi connectivity index (χ4v) is 3.71. The molecule has 0 spiro atoms. The van der Waals surface area contributed by atoms with Crippen LogP contribution in [0.5, 0.6) is 5.75 Å². The number of ether oxygens (including phenoxy) is 1. The third-order valence-electron chi connectivity index (χ3n) is 4.96. The van der Waals surface area contributed by atoms with Crippen LogP contribution in [0.3, 0.4) is 0 Å². The zero-order valence-corrected chi connectivity index (χ0v) is 20.5. The molecule has 0 aliphatic carbocycles. The van der Waals surface area contributed by atoms with Crippen molar-refractivity contribution in [2.24, 2.45) is 7.05 Å². The normalized spacial score (nSPS) is 12.6. The maximum absolute atomic E-state index is 15.2. The van der Waals surface area contributed by atoms with Crippen molar-refractivity contribution in [2.75, 3.05) is 12.0 Å². The monoisotopic (exact) mass is 550 g/mol. The maximum Gasteiger partial charge on any atom is 0.350 e. The Kier molecular flexibility index (Phi) is 8.01. The number of alkyl halides is 3. The van der Waals surface area contributed by atoms with Gasteiger partial charge in [-0.2, -0.15) is 4.68 Å². The first-order valence-electron chi connectivity index (χ1n) is 10.2. The molecular formula is C22H20Cl2F4N4O4. The van der Waals surface area contributed by atoms with Crippen LogP contribution in [0.4, 0.5) is 23.2 Å². The van der Waals surface area contributed by atoms with Crippen LogP contribution in [0.1, 0.15) is 30.0 Å². The number of rotatable bonds is 8. The van der Waals surface area contributed by atoms with E-state index in [1.165, 1.54) is 39.1 Å². The van der Waals surface area contributed by atoms with Crippen LogP contribution in [0.15, 0.2) is 35.1 Å². The number of halogens is 6. The van der Waals surface area contributed by atoms with E-state index in [9.17, 15) is 27.9 Å². The molecule has 2 aromatic carbocycles. The lowest BCUT2D eigenvalue weighted by atomic mass is 10.1. The summed E-state index contributed by atoms with van der Waals surface area (Å²) in [4.78, 5) is 25.6. The minimum absolute atomic E-state index is 0.0313. The maximum atomic E-state index is 15.2. The quantitative estimate of drug-likeness (QED) is 0.403. The summed E-state index contributed by atoms with van der Waals surface area (Å²) in [6, 6.07) is 5.69. The number of amides is 1. The Morgan fingerprint density at radius 1 is 1.25 bits per heavy atom. The Morgan fingerprint density at radius 2 is 1.86 bits per heavy atom. The summed E-state index contributed by atoms with van der Waals surface area (Å²) in [6.07, 6.45) is -5.59. The van der Waals surface area contributed by atoms with Gasteiger partial charge in [0.15, 0.2) is 11.9 Å². The number of aromatic nitrogens is 3. The molecular weight excluding hydrogens is 531 g/mol. The summed E-state index contributed by atoms with van der Waals surface area (Å²) in [6.45, 7) is 1.05. The standard InChI is InChI=1S/C22H20Cl2F4N4O4/c1-22(2,35)20-30-32(21(34)31(20)3)14-8-15(36-16(9-25)18(27)28)10(7-13(14)26)19(33)29-17-11(23)5-4-6-12(17)24/h4-8,16,18,35H,9H2,1-3H3,(H,29,33)/t16-/m0/s1. The molecule has 36 heavy (non-hydrogen) atoms. The van der Waals surface area contributed by atoms with E-state index in [2.05, 4.69) is 10.4 Å². The minimum atomic E-state index is -3.29.